The zero-order chi connectivity index (χ0) is 18.4. The minimum Gasteiger partial charge on any atom is -0.367 e. The monoisotopic (exact) mass is 362 g/mol. The Bertz CT molecular complexity index is 544. The molecule has 1 aliphatic rings. The summed E-state index contributed by atoms with van der Waals surface area (Å²) in [7, 11) is 0. The molecule has 1 aromatic rings. The lowest BCUT2D eigenvalue weighted by atomic mass is 9.77. The Labute approximate surface area is 144 Å². The van der Waals surface area contributed by atoms with Gasteiger partial charge in [-0.15, -0.1) is 6.58 Å². The summed E-state index contributed by atoms with van der Waals surface area (Å²) in [5, 5.41) is 0. The van der Waals surface area contributed by atoms with E-state index in [9.17, 15) is 22.0 Å². The zero-order valence-electron chi connectivity index (χ0n) is 14.0. The van der Waals surface area contributed by atoms with Gasteiger partial charge < -0.3 is 4.74 Å². The van der Waals surface area contributed by atoms with Gasteiger partial charge in [0.25, 0.3) is 6.43 Å². The van der Waals surface area contributed by atoms with E-state index in [1.54, 1.807) is 0 Å². The molecule has 0 spiro atoms. The second kappa shape index (κ2) is 9.32. The lowest BCUT2D eigenvalue weighted by Gasteiger charge is -2.33. The predicted octanol–water partition coefficient (Wildman–Crippen LogP) is 6.03. The molecule has 1 aromatic carbocycles. The number of alkyl halides is 2. The van der Waals surface area contributed by atoms with Gasteiger partial charge in [0.2, 0.25) is 0 Å². The van der Waals surface area contributed by atoms with Gasteiger partial charge in [-0.1, -0.05) is 18.9 Å². The number of rotatable bonds is 8. The predicted molar refractivity (Wildman–Crippen MR) is 85.8 cm³/mol. The van der Waals surface area contributed by atoms with Gasteiger partial charge in [0.15, 0.2) is 17.5 Å². The molecular weight excluding hydrogens is 339 g/mol. The summed E-state index contributed by atoms with van der Waals surface area (Å²) in [4.78, 5) is 0. The topological polar surface area (TPSA) is 9.23 Å². The van der Waals surface area contributed by atoms with Crippen LogP contribution in [-0.2, 0) is 11.3 Å². The van der Waals surface area contributed by atoms with Crippen molar-refractivity contribution in [2.45, 2.75) is 57.7 Å². The van der Waals surface area contributed by atoms with Crippen LogP contribution in [0.4, 0.5) is 22.0 Å². The fourth-order valence-electron chi connectivity index (χ4n) is 3.46. The molecule has 0 heterocycles. The first-order chi connectivity index (χ1) is 11.9. The maximum atomic E-state index is 13.4. The van der Waals surface area contributed by atoms with Crippen molar-refractivity contribution in [3.05, 3.63) is 47.8 Å². The van der Waals surface area contributed by atoms with E-state index in [1.165, 1.54) is 0 Å². The summed E-state index contributed by atoms with van der Waals surface area (Å²) in [5.41, 5.74) is 0.00159. The standard InChI is InChI=1S/C19H23F5O/c1-2-3-4-12-5-7-14(8-6-12)18(19(23)24)25-11-13-9-15(20)17(22)16(21)10-13/h2,9-10,12,14,18-19H,1,3-8,11H2. The highest BCUT2D eigenvalue weighted by atomic mass is 19.3. The Morgan fingerprint density at radius 3 is 2.20 bits per heavy atom. The van der Waals surface area contributed by atoms with E-state index in [0.717, 1.165) is 37.8 Å². The molecule has 0 radical (unpaired) electrons. The van der Waals surface area contributed by atoms with Crippen molar-refractivity contribution >= 4 is 0 Å². The normalized spacial score (nSPS) is 22.2. The number of hydrogen-bond acceptors (Lipinski definition) is 1. The molecule has 2 rings (SSSR count). The number of halogens is 5. The highest BCUT2D eigenvalue weighted by molar-refractivity contribution is 5.18. The van der Waals surface area contributed by atoms with Gasteiger partial charge in [0.1, 0.15) is 6.10 Å². The summed E-state index contributed by atoms with van der Waals surface area (Å²) in [6.07, 6.45) is 2.86. The number of benzene rings is 1. The molecule has 25 heavy (non-hydrogen) atoms. The van der Waals surface area contributed by atoms with Crippen molar-refractivity contribution in [3.8, 4) is 0 Å². The largest absolute Gasteiger partial charge is 0.367 e. The Kier molecular flexibility index (Phi) is 7.41. The molecule has 0 aliphatic heterocycles. The van der Waals surface area contributed by atoms with Crippen LogP contribution in [0.3, 0.4) is 0 Å². The first-order valence-electron chi connectivity index (χ1n) is 8.56. The molecule has 0 aromatic heterocycles. The summed E-state index contributed by atoms with van der Waals surface area (Å²) in [6, 6.07) is 1.54. The second-order valence-electron chi connectivity index (χ2n) is 6.63. The molecule has 0 amide bonds. The molecule has 140 valence electrons. The van der Waals surface area contributed by atoms with Crippen LogP contribution in [-0.4, -0.2) is 12.5 Å². The highest BCUT2D eigenvalue weighted by Crippen LogP contribution is 2.36. The SMILES string of the molecule is C=CCCC1CCC(C(OCc2cc(F)c(F)c(F)c2)C(F)F)CC1. The van der Waals surface area contributed by atoms with E-state index in [0.29, 0.717) is 18.8 Å². The highest BCUT2D eigenvalue weighted by Gasteiger charge is 2.33. The van der Waals surface area contributed by atoms with Gasteiger partial charge in [-0.25, -0.2) is 22.0 Å². The summed E-state index contributed by atoms with van der Waals surface area (Å²) in [5.74, 6) is -4.04. The molecule has 0 N–H and O–H groups in total. The van der Waals surface area contributed by atoms with Gasteiger partial charge in [0.05, 0.1) is 6.61 Å². The number of hydrogen-bond donors (Lipinski definition) is 0. The molecule has 0 saturated heterocycles. The zero-order valence-corrected chi connectivity index (χ0v) is 14.0. The molecule has 1 nitrogen and oxygen atoms in total. The van der Waals surface area contributed by atoms with Crippen molar-refractivity contribution in [1.29, 1.82) is 0 Å². The molecule has 6 heteroatoms. The average molecular weight is 362 g/mol. The minimum atomic E-state index is -2.68. The first-order valence-corrected chi connectivity index (χ1v) is 8.56. The van der Waals surface area contributed by atoms with Crippen LogP contribution >= 0.6 is 0 Å². The Morgan fingerprint density at radius 1 is 1.08 bits per heavy atom. The third-order valence-electron chi connectivity index (χ3n) is 4.87. The lowest BCUT2D eigenvalue weighted by Crippen LogP contribution is -2.34. The van der Waals surface area contributed by atoms with E-state index >= 15 is 0 Å². The Hall–Kier alpha value is -1.43. The van der Waals surface area contributed by atoms with Gasteiger partial charge in [0, 0.05) is 0 Å². The van der Waals surface area contributed by atoms with Crippen molar-refractivity contribution in [1.82, 2.24) is 0 Å². The van der Waals surface area contributed by atoms with E-state index < -0.39 is 30.0 Å². The molecule has 1 unspecified atom stereocenters. The summed E-state index contributed by atoms with van der Waals surface area (Å²) < 4.78 is 71.3. The fraction of sp³-hybridized carbons (Fsp3) is 0.579. The van der Waals surface area contributed by atoms with Gasteiger partial charge in [-0.2, -0.15) is 0 Å². The van der Waals surface area contributed by atoms with Gasteiger partial charge in [-0.3, -0.25) is 0 Å². The first kappa shape index (κ1) is 19.9. The molecule has 1 fully saturated rings. The van der Waals surface area contributed by atoms with Crippen LogP contribution in [0, 0.1) is 29.3 Å². The number of allylic oxidation sites excluding steroid dienone is 1. The molecule has 1 aliphatic carbocycles. The van der Waals surface area contributed by atoms with Crippen LogP contribution in [0.25, 0.3) is 0 Å². The van der Waals surface area contributed by atoms with Crippen LogP contribution in [0.15, 0.2) is 24.8 Å². The van der Waals surface area contributed by atoms with Crippen molar-refractivity contribution in [3.63, 3.8) is 0 Å². The van der Waals surface area contributed by atoms with Crippen molar-refractivity contribution < 1.29 is 26.7 Å². The van der Waals surface area contributed by atoms with Crippen LogP contribution in [0.5, 0.6) is 0 Å². The summed E-state index contributed by atoms with van der Waals surface area (Å²) in [6.45, 7) is 3.31. The van der Waals surface area contributed by atoms with Crippen LogP contribution in [0.2, 0.25) is 0 Å². The quantitative estimate of drug-likeness (QED) is 0.312. The second-order valence-corrected chi connectivity index (χ2v) is 6.63. The van der Waals surface area contributed by atoms with Crippen LogP contribution < -0.4 is 0 Å². The van der Waals surface area contributed by atoms with E-state index in [-0.39, 0.29) is 18.1 Å². The average Bonchev–Trinajstić information content (AvgIpc) is 2.58. The lowest BCUT2D eigenvalue weighted by molar-refractivity contribution is -0.102. The Morgan fingerprint density at radius 2 is 1.68 bits per heavy atom. The van der Waals surface area contributed by atoms with E-state index in [4.69, 9.17) is 4.74 Å². The van der Waals surface area contributed by atoms with Crippen molar-refractivity contribution in [2.75, 3.05) is 0 Å². The molecular formula is C19H23F5O. The molecule has 0 bridgehead atoms. The van der Waals surface area contributed by atoms with E-state index in [2.05, 4.69) is 6.58 Å². The Balaban J connectivity index is 1.92. The third-order valence-corrected chi connectivity index (χ3v) is 4.87. The van der Waals surface area contributed by atoms with Gasteiger partial charge >= 0.3 is 0 Å². The fourth-order valence-corrected chi connectivity index (χ4v) is 3.46. The third kappa shape index (κ3) is 5.53. The molecule has 1 saturated carbocycles. The van der Waals surface area contributed by atoms with Crippen molar-refractivity contribution in [2.24, 2.45) is 11.8 Å². The maximum Gasteiger partial charge on any atom is 0.264 e. The maximum absolute atomic E-state index is 13.4. The van der Waals surface area contributed by atoms with Gasteiger partial charge in [-0.05, 0) is 55.2 Å². The summed E-state index contributed by atoms with van der Waals surface area (Å²) >= 11 is 0. The van der Waals surface area contributed by atoms with Crippen LogP contribution in [0.1, 0.15) is 44.1 Å². The smallest absolute Gasteiger partial charge is 0.264 e. The van der Waals surface area contributed by atoms with E-state index in [1.807, 2.05) is 6.08 Å². The minimum absolute atomic E-state index is 0.00159. The molecule has 1 atom stereocenters. The number of ether oxygens (including phenoxy) is 1.